The van der Waals surface area contributed by atoms with E-state index in [-0.39, 0.29) is 23.5 Å². The van der Waals surface area contributed by atoms with Crippen LogP contribution in [0.15, 0.2) is 36.4 Å². The number of aryl methyl sites for hydroxylation is 1. The number of rotatable bonds is 7. The van der Waals surface area contributed by atoms with E-state index in [9.17, 15) is 40.5 Å². The quantitative estimate of drug-likeness (QED) is 0.288. The molecule has 7 N–H and O–H groups in total. The summed E-state index contributed by atoms with van der Waals surface area (Å²) in [5, 5.41) is 68.6. The topological polar surface area (TPSA) is 177 Å². The summed E-state index contributed by atoms with van der Waals surface area (Å²) in [4.78, 5) is 12.8. The van der Waals surface area contributed by atoms with Gasteiger partial charge in [-0.1, -0.05) is 12.1 Å². The summed E-state index contributed by atoms with van der Waals surface area (Å²) < 4.78 is 10.7. The SMILES string of the molecule is O=C(CCc1ccc(O)cc1)c1c(O)cc(O)cc1O[C@@H]1O[C@H](CO)[C@@H](O)[C@@H](O)[C@H]1O. The number of aliphatic hydroxyl groups is 4. The Kier molecular flexibility index (Phi) is 6.98. The summed E-state index contributed by atoms with van der Waals surface area (Å²) in [6.45, 7) is -0.672. The van der Waals surface area contributed by atoms with Crippen molar-refractivity contribution in [3.63, 3.8) is 0 Å². The number of hydrogen-bond acceptors (Lipinski definition) is 10. The predicted octanol–water partition coefficient (Wildman–Crippen LogP) is -0.202. The minimum atomic E-state index is -1.73. The number of ketones is 1. The summed E-state index contributed by atoms with van der Waals surface area (Å²) in [6, 6.07) is 8.23. The lowest BCUT2D eigenvalue weighted by Gasteiger charge is -2.39. The van der Waals surface area contributed by atoms with Crippen molar-refractivity contribution in [3.05, 3.63) is 47.5 Å². The number of aromatic hydroxyl groups is 3. The van der Waals surface area contributed by atoms with Gasteiger partial charge >= 0.3 is 0 Å². The van der Waals surface area contributed by atoms with Crippen molar-refractivity contribution >= 4 is 5.78 Å². The fourth-order valence-corrected chi connectivity index (χ4v) is 3.30. The molecule has 0 bridgehead atoms. The molecule has 10 nitrogen and oxygen atoms in total. The highest BCUT2D eigenvalue weighted by Crippen LogP contribution is 2.36. The molecule has 1 saturated heterocycles. The minimum absolute atomic E-state index is 0.0475. The molecule has 0 radical (unpaired) electrons. The lowest BCUT2D eigenvalue weighted by Crippen LogP contribution is -2.60. The molecule has 0 aliphatic carbocycles. The molecular weight excluding hydrogens is 412 g/mol. The van der Waals surface area contributed by atoms with Gasteiger partial charge < -0.3 is 45.2 Å². The van der Waals surface area contributed by atoms with E-state index >= 15 is 0 Å². The van der Waals surface area contributed by atoms with E-state index in [0.717, 1.165) is 17.7 Å². The number of ether oxygens (including phenoxy) is 2. The van der Waals surface area contributed by atoms with Gasteiger partial charge in [0.25, 0.3) is 0 Å². The van der Waals surface area contributed by atoms with Gasteiger partial charge in [0.2, 0.25) is 6.29 Å². The lowest BCUT2D eigenvalue weighted by molar-refractivity contribution is -0.277. The third-order valence-corrected chi connectivity index (χ3v) is 5.01. The summed E-state index contributed by atoms with van der Waals surface area (Å²) >= 11 is 0. The normalized spacial score (nSPS) is 25.9. The highest BCUT2D eigenvalue weighted by Gasteiger charge is 2.45. The van der Waals surface area contributed by atoms with E-state index in [2.05, 4.69) is 0 Å². The van der Waals surface area contributed by atoms with Gasteiger partial charge in [-0.3, -0.25) is 4.79 Å². The van der Waals surface area contributed by atoms with Crippen molar-refractivity contribution in [2.45, 2.75) is 43.5 Å². The first-order valence-corrected chi connectivity index (χ1v) is 9.55. The summed E-state index contributed by atoms with van der Waals surface area (Å²) in [5.41, 5.74) is 0.495. The Morgan fingerprint density at radius 2 is 1.61 bits per heavy atom. The molecule has 31 heavy (non-hydrogen) atoms. The highest BCUT2D eigenvalue weighted by atomic mass is 16.7. The fourth-order valence-electron chi connectivity index (χ4n) is 3.30. The van der Waals surface area contributed by atoms with E-state index in [4.69, 9.17) is 9.47 Å². The predicted molar refractivity (Wildman–Crippen MR) is 105 cm³/mol. The van der Waals surface area contributed by atoms with Crippen LogP contribution in [-0.4, -0.2) is 78.8 Å². The molecule has 3 rings (SSSR count). The summed E-state index contributed by atoms with van der Waals surface area (Å²) in [6.07, 6.45) is -7.61. The largest absolute Gasteiger partial charge is 0.508 e. The maximum absolute atomic E-state index is 12.8. The molecule has 5 atom stereocenters. The maximum Gasteiger partial charge on any atom is 0.229 e. The number of phenolic OH excluding ortho intramolecular Hbond substituents is 3. The van der Waals surface area contributed by atoms with Crippen LogP contribution in [0.5, 0.6) is 23.0 Å². The molecule has 168 valence electrons. The van der Waals surface area contributed by atoms with Crippen molar-refractivity contribution in [2.24, 2.45) is 0 Å². The van der Waals surface area contributed by atoms with Crippen LogP contribution < -0.4 is 4.74 Å². The lowest BCUT2D eigenvalue weighted by atomic mass is 9.99. The monoisotopic (exact) mass is 436 g/mol. The van der Waals surface area contributed by atoms with Crippen molar-refractivity contribution in [3.8, 4) is 23.0 Å². The van der Waals surface area contributed by atoms with E-state index in [1.807, 2.05) is 0 Å². The Balaban J connectivity index is 1.82. The molecule has 0 saturated carbocycles. The van der Waals surface area contributed by atoms with Crippen LogP contribution >= 0.6 is 0 Å². The van der Waals surface area contributed by atoms with E-state index < -0.39 is 54.6 Å². The average molecular weight is 436 g/mol. The van der Waals surface area contributed by atoms with Gasteiger partial charge in [-0.05, 0) is 24.1 Å². The number of hydrogen-bond donors (Lipinski definition) is 7. The molecule has 1 heterocycles. The Bertz CT molecular complexity index is 911. The molecule has 0 unspecified atom stereocenters. The smallest absolute Gasteiger partial charge is 0.229 e. The summed E-state index contributed by atoms with van der Waals surface area (Å²) in [7, 11) is 0. The molecule has 1 aliphatic heterocycles. The third-order valence-electron chi connectivity index (χ3n) is 5.01. The van der Waals surface area contributed by atoms with E-state index in [1.54, 1.807) is 12.1 Å². The maximum atomic E-state index is 12.8. The van der Waals surface area contributed by atoms with Gasteiger partial charge in [-0.25, -0.2) is 0 Å². The molecule has 10 heteroatoms. The zero-order chi connectivity index (χ0) is 22.7. The molecule has 0 spiro atoms. The van der Waals surface area contributed by atoms with Crippen LogP contribution in [-0.2, 0) is 11.2 Å². The van der Waals surface area contributed by atoms with Crippen molar-refractivity contribution in [2.75, 3.05) is 6.61 Å². The number of aliphatic hydroxyl groups excluding tert-OH is 4. The Hall–Kier alpha value is -2.89. The number of phenols is 3. The van der Waals surface area contributed by atoms with Gasteiger partial charge in [-0.2, -0.15) is 0 Å². The number of benzene rings is 2. The second-order valence-electron chi connectivity index (χ2n) is 7.24. The highest BCUT2D eigenvalue weighted by molar-refractivity contribution is 6.01. The minimum Gasteiger partial charge on any atom is -0.508 e. The van der Waals surface area contributed by atoms with Crippen molar-refractivity contribution in [1.29, 1.82) is 0 Å². The van der Waals surface area contributed by atoms with Gasteiger partial charge in [0.05, 0.1) is 6.61 Å². The standard InChI is InChI=1S/C21H24O10/c22-9-16-18(27)19(28)20(29)21(31-16)30-15-8-12(24)7-14(26)17(15)13(25)6-3-10-1-4-11(23)5-2-10/h1-2,4-5,7-8,16,18-24,26-29H,3,6,9H2/t16-,18-,19-,20-,21-/m1/s1. The van der Waals surface area contributed by atoms with Crippen molar-refractivity contribution < 1.29 is 50.0 Å². The number of carbonyl (C=O) groups excluding carboxylic acids is 1. The van der Waals surface area contributed by atoms with Crippen LogP contribution in [0.4, 0.5) is 0 Å². The zero-order valence-corrected chi connectivity index (χ0v) is 16.3. The third kappa shape index (κ3) is 5.06. The molecule has 0 aromatic heterocycles. The summed E-state index contributed by atoms with van der Waals surface area (Å²) in [5.74, 6) is -1.74. The average Bonchev–Trinajstić information content (AvgIpc) is 2.73. The van der Waals surface area contributed by atoms with Crippen LogP contribution in [0.1, 0.15) is 22.3 Å². The first-order chi connectivity index (χ1) is 14.7. The van der Waals surface area contributed by atoms with Gasteiger partial charge in [-0.15, -0.1) is 0 Å². The Morgan fingerprint density at radius 1 is 0.935 bits per heavy atom. The van der Waals surface area contributed by atoms with Gasteiger partial charge in [0.15, 0.2) is 5.78 Å². The zero-order valence-electron chi connectivity index (χ0n) is 16.3. The molecule has 2 aromatic rings. The van der Waals surface area contributed by atoms with Crippen LogP contribution in [0.2, 0.25) is 0 Å². The fraction of sp³-hybridized carbons (Fsp3) is 0.381. The first-order valence-electron chi connectivity index (χ1n) is 9.55. The van der Waals surface area contributed by atoms with Gasteiger partial charge in [0.1, 0.15) is 53.0 Å². The van der Waals surface area contributed by atoms with Crippen LogP contribution in [0.3, 0.4) is 0 Å². The second kappa shape index (κ2) is 9.50. The van der Waals surface area contributed by atoms with Crippen LogP contribution in [0, 0.1) is 0 Å². The molecule has 1 fully saturated rings. The molecule has 0 amide bonds. The number of Topliss-reactive ketones (excluding diaryl/α,β-unsaturated/α-hetero) is 1. The second-order valence-corrected chi connectivity index (χ2v) is 7.24. The Morgan fingerprint density at radius 3 is 2.26 bits per heavy atom. The number of carbonyl (C=O) groups is 1. The Labute approximate surface area is 177 Å². The van der Waals surface area contributed by atoms with E-state index in [1.165, 1.54) is 12.1 Å². The van der Waals surface area contributed by atoms with Crippen LogP contribution in [0.25, 0.3) is 0 Å². The first kappa shape index (κ1) is 22.8. The molecule has 1 aliphatic rings. The van der Waals surface area contributed by atoms with Gasteiger partial charge in [0, 0.05) is 18.6 Å². The van der Waals surface area contributed by atoms with E-state index in [0.29, 0.717) is 6.42 Å². The molecular formula is C21H24O10. The molecule has 2 aromatic carbocycles. The van der Waals surface area contributed by atoms with Crippen molar-refractivity contribution in [1.82, 2.24) is 0 Å².